The van der Waals surface area contributed by atoms with Crippen molar-refractivity contribution >= 4 is 33.3 Å². The number of hydrogen-bond acceptors (Lipinski definition) is 7. The zero-order chi connectivity index (χ0) is 34.8. The molecule has 1 heterocycles. The molecular formula is C35H43FN4O7S. The Labute approximate surface area is 281 Å². The standard InChI is InChI=1S/C35H43FN4O7S/c1-24-21-40(25(2)23-41)34(42)31-20-29(38-35(43)37-28-11-6-5-7-12-28)15-18-32(31)47-26(3)10-8-9-19-46-33(24)22-39(4)48(44,45)30-16-13-27(36)14-17-30/h5-9,11-18,20,24-26,33,41H,10,19,21-23H2,1-4H3,(H2,37,38,43)/b9-8+/t24-,25+,26+,33+/m1/s1. The van der Waals surface area contributed by atoms with Crippen LogP contribution in [-0.2, 0) is 14.8 Å². The van der Waals surface area contributed by atoms with Crippen molar-refractivity contribution in [3.63, 3.8) is 0 Å². The molecule has 13 heteroatoms. The number of aliphatic hydroxyl groups is 1. The lowest BCUT2D eigenvalue weighted by Crippen LogP contribution is -2.48. The Morgan fingerprint density at radius 1 is 1.04 bits per heavy atom. The van der Waals surface area contributed by atoms with Gasteiger partial charge in [-0.1, -0.05) is 37.3 Å². The van der Waals surface area contributed by atoms with Gasteiger partial charge in [-0.2, -0.15) is 4.31 Å². The van der Waals surface area contributed by atoms with E-state index in [2.05, 4.69) is 10.6 Å². The molecule has 0 radical (unpaired) electrons. The summed E-state index contributed by atoms with van der Waals surface area (Å²) in [6.45, 7) is 5.30. The number of para-hydroxylation sites is 1. The molecule has 0 unspecified atom stereocenters. The van der Waals surface area contributed by atoms with Gasteiger partial charge in [0.15, 0.2) is 0 Å². The zero-order valence-corrected chi connectivity index (χ0v) is 28.3. The SMILES string of the molecule is C[C@@H]1CN([C@@H](C)CO)C(=O)c2cc(NC(=O)Nc3ccccc3)ccc2O[C@@H](C)C/C=C/CO[C@H]1CN(C)S(=O)(=O)c1ccc(F)cc1. The molecule has 0 spiro atoms. The summed E-state index contributed by atoms with van der Waals surface area (Å²) < 4.78 is 53.7. The molecule has 0 saturated carbocycles. The molecule has 3 aromatic rings. The largest absolute Gasteiger partial charge is 0.490 e. The highest BCUT2D eigenvalue weighted by Gasteiger charge is 2.32. The quantitative estimate of drug-likeness (QED) is 0.272. The number of nitrogens with one attached hydrogen (secondary N) is 2. The van der Waals surface area contributed by atoms with E-state index < -0.39 is 45.8 Å². The summed E-state index contributed by atoms with van der Waals surface area (Å²) in [5.74, 6) is -1.09. The van der Waals surface area contributed by atoms with Gasteiger partial charge in [0.1, 0.15) is 11.6 Å². The first kappa shape index (κ1) is 36.5. The van der Waals surface area contributed by atoms with Gasteiger partial charge in [0.2, 0.25) is 10.0 Å². The van der Waals surface area contributed by atoms with E-state index >= 15 is 0 Å². The summed E-state index contributed by atoms with van der Waals surface area (Å²) in [5, 5.41) is 15.7. The molecule has 0 aliphatic carbocycles. The van der Waals surface area contributed by atoms with Crippen LogP contribution in [0.25, 0.3) is 0 Å². The van der Waals surface area contributed by atoms with Crippen molar-refractivity contribution in [3.05, 3.63) is 96.3 Å². The Morgan fingerprint density at radius 2 is 1.73 bits per heavy atom. The Hall–Kier alpha value is -4.30. The van der Waals surface area contributed by atoms with Gasteiger partial charge in [-0.15, -0.1) is 0 Å². The van der Waals surface area contributed by atoms with Gasteiger partial charge in [-0.3, -0.25) is 4.79 Å². The number of fused-ring (bicyclic) bond motifs is 1. The summed E-state index contributed by atoms with van der Waals surface area (Å²) in [6.07, 6.45) is 3.22. The summed E-state index contributed by atoms with van der Waals surface area (Å²) in [4.78, 5) is 28.5. The zero-order valence-electron chi connectivity index (χ0n) is 27.5. The van der Waals surface area contributed by atoms with Crippen LogP contribution in [0.4, 0.5) is 20.6 Å². The minimum atomic E-state index is -3.97. The highest BCUT2D eigenvalue weighted by molar-refractivity contribution is 7.89. The number of carbonyl (C=O) groups excluding carboxylic acids is 2. The summed E-state index contributed by atoms with van der Waals surface area (Å²) in [7, 11) is -2.55. The first-order chi connectivity index (χ1) is 22.9. The first-order valence-electron chi connectivity index (χ1n) is 15.7. The highest BCUT2D eigenvalue weighted by atomic mass is 32.2. The topological polar surface area (TPSA) is 138 Å². The second-order valence-corrected chi connectivity index (χ2v) is 13.9. The lowest BCUT2D eigenvalue weighted by molar-refractivity contribution is 0.00573. The van der Waals surface area contributed by atoms with Crippen LogP contribution in [0.15, 0.2) is 89.8 Å². The molecule has 3 N–H and O–H groups in total. The molecule has 4 rings (SSSR count). The second-order valence-electron chi connectivity index (χ2n) is 11.9. The number of carbonyl (C=O) groups is 2. The van der Waals surface area contributed by atoms with E-state index in [1.807, 2.05) is 32.1 Å². The average Bonchev–Trinajstić information content (AvgIpc) is 3.06. The van der Waals surface area contributed by atoms with Crippen LogP contribution in [-0.4, -0.2) is 86.3 Å². The molecule has 3 aromatic carbocycles. The molecule has 0 aromatic heterocycles. The molecule has 1 aliphatic heterocycles. The van der Waals surface area contributed by atoms with Gasteiger partial charge in [0.05, 0.1) is 41.9 Å². The number of urea groups is 1. The molecule has 11 nitrogen and oxygen atoms in total. The van der Waals surface area contributed by atoms with E-state index in [1.54, 1.807) is 43.3 Å². The van der Waals surface area contributed by atoms with Gasteiger partial charge < -0.3 is 30.1 Å². The lowest BCUT2D eigenvalue weighted by atomic mass is 10.0. The Morgan fingerprint density at radius 3 is 2.42 bits per heavy atom. The summed E-state index contributed by atoms with van der Waals surface area (Å²) >= 11 is 0. The monoisotopic (exact) mass is 682 g/mol. The minimum absolute atomic E-state index is 0.0506. The third kappa shape index (κ3) is 9.63. The van der Waals surface area contributed by atoms with E-state index in [9.17, 15) is 27.5 Å². The van der Waals surface area contributed by atoms with E-state index in [0.717, 1.165) is 16.4 Å². The molecule has 4 atom stereocenters. The van der Waals surface area contributed by atoms with Crippen LogP contribution in [0.1, 0.15) is 37.6 Å². The van der Waals surface area contributed by atoms with Gasteiger partial charge in [-0.25, -0.2) is 17.6 Å². The number of amides is 3. The number of nitrogens with zero attached hydrogens (tertiary/aromatic N) is 2. The number of halogens is 1. The highest BCUT2D eigenvalue weighted by Crippen LogP contribution is 2.28. The van der Waals surface area contributed by atoms with Crippen LogP contribution in [0, 0.1) is 11.7 Å². The van der Waals surface area contributed by atoms with E-state index in [4.69, 9.17) is 9.47 Å². The van der Waals surface area contributed by atoms with Crippen LogP contribution in [0.2, 0.25) is 0 Å². The maximum atomic E-state index is 14.3. The molecule has 48 heavy (non-hydrogen) atoms. The number of aliphatic hydroxyl groups excluding tert-OH is 1. The predicted molar refractivity (Wildman–Crippen MR) is 182 cm³/mol. The average molecular weight is 683 g/mol. The molecular weight excluding hydrogens is 639 g/mol. The van der Waals surface area contributed by atoms with Crippen LogP contribution in [0.5, 0.6) is 5.75 Å². The Balaban J connectivity index is 1.64. The summed E-state index contributed by atoms with van der Waals surface area (Å²) in [5.41, 5.74) is 1.13. The Bertz CT molecular complexity index is 1670. The predicted octanol–water partition coefficient (Wildman–Crippen LogP) is 5.36. The van der Waals surface area contributed by atoms with E-state index in [-0.39, 0.29) is 42.9 Å². The number of hydrogen-bond donors (Lipinski definition) is 3. The van der Waals surface area contributed by atoms with Gasteiger partial charge in [0, 0.05) is 43.9 Å². The number of ether oxygens (including phenoxy) is 2. The molecule has 0 bridgehead atoms. The number of likely N-dealkylation sites (N-methyl/N-ethyl adjacent to an activating group) is 1. The van der Waals surface area contributed by atoms with Crippen molar-refractivity contribution in [2.24, 2.45) is 5.92 Å². The number of anilines is 2. The molecule has 0 fully saturated rings. The van der Waals surface area contributed by atoms with Crippen molar-refractivity contribution in [1.29, 1.82) is 0 Å². The molecule has 0 saturated heterocycles. The molecule has 1 aliphatic rings. The lowest BCUT2D eigenvalue weighted by Gasteiger charge is -2.35. The van der Waals surface area contributed by atoms with Crippen LogP contribution in [0.3, 0.4) is 0 Å². The van der Waals surface area contributed by atoms with Crippen LogP contribution >= 0.6 is 0 Å². The number of sulfonamides is 1. The van der Waals surface area contributed by atoms with E-state index in [0.29, 0.717) is 23.5 Å². The normalized spacial score (nSPS) is 20.6. The maximum Gasteiger partial charge on any atom is 0.323 e. The molecule has 258 valence electrons. The molecule has 3 amide bonds. The fourth-order valence-corrected chi connectivity index (χ4v) is 6.35. The fraction of sp³-hybridized carbons (Fsp3) is 0.371. The van der Waals surface area contributed by atoms with Crippen molar-refractivity contribution in [2.45, 2.75) is 50.3 Å². The van der Waals surface area contributed by atoms with Crippen molar-refractivity contribution in [1.82, 2.24) is 9.21 Å². The van der Waals surface area contributed by atoms with Gasteiger partial charge in [0.25, 0.3) is 5.91 Å². The summed E-state index contributed by atoms with van der Waals surface area (Å²) in [6, 6.07) is 17.2. The van der Waals surface area contributed by atoms with Gasteiger partial charge >= 0.3 is 6.03 Å². The Kier molecular flexibility index (Phi) is 12.7. The number of rotatable bonds is 8. The van der Waals surface area contributed by atoms with Crippen molar-refractivity contribution in [2.75, 3.05) is 44.0 Å². The third-order valence-electron chi connectivity index (χ3n) is 8.00. The van der Waals surface area contributed by atoms with Crippen molar-refractivity contribution < 1.29 is 37.0 Å². The first-order valence-corrected chi connectivity index (χ1v) is 17.2. The van der Waals surface area contributed by atoms with Gasteiger partial charge in [-0.05, 0) is 68.4 Å². The minimum Gasteiger partial charge on any atom is -0.490 e. The maximum absolute atomic E-state index is 14.3. The van der Waals surface area contributed by atoms with Crippen molar-refractivity contribution in [3.8, 4) is 5.75 Å². The fourth-order valence-electron chi connectivity index (χ4n) is 5.17. The van der Waals surface area contributed by atoms with Crippen LogP contribution < -0.4 is 15.4 Å². The second kappa shape index (κ2) is 16.7. The van der Waals surface area contributed by atoms with E-state index in [1.165, 1.54) is 30.1 Å². The third-order valence-corrected chi connectivity index (χ3v) is 9.84. The number of benzene rings is 3. The smallest absolute Gasteiger partial charge is 0.323 e.